The average molecular weight is 792 g/mol. The van der Waals surface area contributed by atoms with Crippen molar-refractivity contribution in [2.75, 3.05) is 0 Å². The van der Waals surface area contributed by atoms with Crippen LogP contribution >= 0.6 is 48.0 Å². The van der Waals surface area contributed by atoms with Gasteiger partial charge in [-0.1, -0.05) is 80.3 Å². The van der Waals surface area contributed by atoms with Crippen molar-refractivity contribution in [3.05, 3.63) is 164 Å². The third-order valence-corrected chi connectivity index (χ3v) is 8.75. The van der Waals surface area contributed by atoms with Crippen LogP contribution in [0.3, 0.4) is 0 Å². The van der Waals surface area contributed by atoms with Crippen LogP contribution in [0.1, 0.15) is 74.9 Å². The molecule has 0 aliphatic heterocycles. The van der Waals surface area contributed by atoms with Crippen molar-refractivity contribution in [2.24, 2.45) is 5.92 Å². The third kappa shape index (κ3) is 10.6. The summed E-state index contributed by atoms with van der Waals surface area (Å²) in [5.41, 5.74) is 13.0. The standard InChI is InChI=1S/C23H21.C7H9.2C6H4Cl.CH2.2ClH.Zr/c1-22(2)7-5-14-10-18-16(12-20(14)22)9-17-13-21-15(11-19(17)18)6-8-23(21,3)4;1-6-3-4-7(2)5-6;2*7-6-4-2-1-3-5-6;;;;/h5-7,10-13H,9H2,1-4H3;3,5,7H,1-2H3;2*1-2,4-5H;1H2;2*1H;/q4*-1;;;;. The molecular formula is C43H42Cl4Zr-4. The summed E-state index contributed by atoms with van der Waals surface area (Å²) in [6.07, 6.45) is 18.7. The summed E-state index contributed by atoms with van der Waals surface area (Å²) in [5.74, 6) is 0.556. The summed E-state index contributed by atoms with van der Waals surface area (Å²) in [4.78, 5) is 0. The van der Waals surface area contributed by atoms with Gasteiger partial charge in [0.05, 0.1) is 0 Å². The number of hydrogen-bond donors (Lipinski definition) is 0. The molecule has 0 saturated heterocycles. The van der Waals surface area contributed by atoms with Crippen molar-refractivity contribution < 1.29 is 24.2 Å². The van der Waals surface area contributed by atoms with Crippen LogP contribution in [0.4, 0.5) is 0 Å². The molecule has 1 atom stereocenters. The van der Waals surface area contributed by atoms with E-state index in [1.54, 1.807) is 12.1 Å². The first-order chi connectivity index (χ1) is 21.9. The van der Waals surface area contributed by atoms with Crippen molar-refractivity contribution >= 4 is 64.4 Å². The zero-order valence-corrected chi connectivity index (χ0v) is 34.0. The molecule has 0 saturated carbocycles. The van der Waals surface area contributed by atoms with Gasteiger partial charge >= 0.3 is 28.4 Å². The Balaban J connectivity index is 0.000000264. The minimum absolute atomic E-state index is 0. The van der Waals surface area contributed by atoms with Crippen LogP contribution in [0.15, 0.2) is 96.6 Å². The molecule has 4 aromatic rings. The predicted molar refractivity (Wildman–Crippen MR) is 210 cm³/mol. The van der Waals surface area contributed by atoms with Crippen LogP contribution < -0.4 is 0 Å². The SMILES string of the molecule is CC1(C)[C-]=Cc2cc3c(cc21)Cc1cc2c(cc1-3)C=CC2(C)C.CC1=CC(C)[C-]=C1.Cl.Cl.Clc1c[c-]ccc1.Clc1c[c-]ccc1.[CH2]=[Zr]. The molecule has 0 nitrogen and oxygen atoms in total. The van der Waals surface area contributed by atoms with Gasteiger partial charge in [0.25, 0.3) is 0 Å². The van der Waals surface area contributed by atoms with E-state index in [2.05, 4.69) is 119 Å². The van der Waals surface area contributed by atoms with Crippen molar-refractivity contribution in [1.82, 2.24) is 0 Å². The van der Waals surface area contributed by atoms with Crippen LogP contribution in [-0.2, 0) is 41.5 Å². The second-order valence-electron chi connectivity index (χ2n) is 12.8. The maximum absolute atomic E-state index is 5.51. The number of benzene rings is 4. The van der Waals surface area contributed by atoms with E-state index in [1.165, 1.54) is 74.3 Å². The maximum atomic E-state index is 5.51. The summed E-state index contributed by atoms with van der Waals surface area (Å²) in [7, 11) is 0. The molecule has 0 bridgehead atoms. The average Bonchev–Trinajstić information content (AvgIpc) is 3.77. The van der Waals surface area contributed by atoms with Gasteiger partial charge in [-0.15, -0.1) is 43.4 Å². The van der Waals surface area contributed by atoms with E-state index in [-0.39, 0.29) is 35.6 Å². The third-order valence-electron chi connectivity index (χ3n) is 8.28. The molecule has 5 heteroatoms. The number of fused-ring (bicyclic) bond motifs is 5. The molecule has 250 valence electrons. The zero-order valence-electron chi connectivity index (χ0n) is 28.4. The molecule has 8 rings (SSSR count). The van der Waals surface area contributed by atoms with Gasteiger partial charge in [-0.25, -0.2) is 17.7 Å². The molecule has 0 amide bonds. The second kappa shape index (κ2) is 18.7. The summed E-state index contributed by atoms with van der Waals surface area (Å²) in [5, 5.41) is 1.48. The van der Waals surface area contributed by atoms with E-state index >= 15 is 0 Å². The van der Waals surface area contributed by atoms with Crippen LogP contribution in [0, 0.1) is 30.2 Å². The van der Waals surface area contributed by atoms with E-state index in [0.717, 1.165) is 16.5 Å². The monoisotopic (exact) mass is 788 g/mol. The van der Waals surface area contributed by atoms with Gasteiger partial charge in [-0.3, -0.25) is 12.2 Å². The van der Waals surface area contributed by atoms with Gasteiger partial charge < -0.3 is 0 Å². The molecule has 0 spiro atoms. The minimum atomic E-state index is 0. The number of halogens is 4. The molecule has 4 aliphatic carbocycles. The van der Waals surface area contributed by atoms with E-state index in [1.807, 2.05) is 42.5 Å². The fraction of sp³-hybridized carbons (Fsp3) is 0.233. The molecule has 0 N–H and O–H groups in total. The summed E-state index contributed by atoms with van der Waals surface area (Å²) in [6, 6.07) is 29.7. The Hall–Kier alpha value is -2.25. The van der Waals surface area contributed by atoms with Gasteiger partial charge in [0.1, 0.15) is 0 Å². The normalized spacial score (nSPS) is 16.5. The van der Waals surface area contributed by atoms with E-state index in [0.29, 0.717) is 5.92 Å². The fourth-order valence-electron chi connectivity index (χ4n) is 5.90. The summed E-state index contributed by atoms with van der Waals surface area (Å²) in [6.45, 7) is 13.4. The predicted octanol–water partition coefficient (Wildman–Crippen LogP) is 12.7. The molecule has 4 aromatic carbocycles. The van der Waals surface area contributed by atoms with E-state index < -0.39 is 0 Å². The Morgan fingerprint density at radius 3 is 1.75 bits per heavy atom. The number of rotatable bonds is 0. The Labute approximate surface area is 326 Å². The van der Waals surface area contributed by atoms with Gasteiger partial charge in [-0.05, 0) is 45.9 Å². The number of hydrogen-bond acceptors (Lipinski definition) is 0. The Kier molecular flexibility index (Phi) is 16.3. The van der Waals surface area contributed by atoms with Crippen molar-refractivity contribution in [2.45, 2.75) is 58.8 Å². The molecule has 0 fully saturated rings. The summed E-state index contributed by atoms with van der Waals surface area (Å²) < 4.78 is 3.34. The van der Waals surface area contributed by atoms with Crippen LogP contribution in [0.25, 0.3) is 23.3 Å². The van der Waals surface area contributed by atoms with Crippen molar-refractivity contribution in [3.63, 3.8) is 0 Å². The van der Waals surface area contributed by atoms with E-state index in [9.17, 15) is 0 Å². The van der Waals surface area contributed by atoms with E-state index in [4.69, 9.17) is 23.2 Å². The van der Waals surface area contributed by atoms with Crippen molar-refractivity contribution in [3.8, 4) is 11.1 Å². The second-order valence-corrected chi connectivity index (χ2v) is 13.7. The first-order valence-electron chi connectivity index (χ1n) is 15.4. The Morgan fingerprint density at radius 2 is 1.33 bits per heavy atom. The van der Waals surface area contributed by atoms with Gasteiger partial charge in [0.2, 0.25) is 0 Å². The summed E-state index contributed by atoms with van der Waals surface area (Å²) >= 11 is 12.3. The quantitative estimate of drug-likeness (QED) is 0.137. The Bertz CT molecular complexity index is 1670. The molecular weight excluding hydrogens is 750 g/mol. The fourth-order valence-corrected chi connectivity index (χ4v) is 6.17. The van der Waals surface area contributed by atoms with Gasteiger partial charge in [0, 0.05) is 5.41 Å². The Morgan fingerprint density at radius 1 is 0.792 bits per heavy atom. The molecule has 4 aliphatic rings. The van der Waals surface area contributed by atoms with Gasteiger partial charge in [0.15, 0.2) is 0 Å². The van der Waals surface area contributed by atoms with Crippen LogP contribution in [0.2, 0.25) is 10.0 Å². The van der Waals surface area contributed by atoms with Gasteiger partial charge in [-0.2, -0.15) is 95.5 Å². The molecule has 0 radical (unpaired) electrons. The van der Waals surface area contributed by atoms with Crippen LogP contribution in [-0.4, -0.2) is 4.21 Å². The molecule has 48 heavy (non-hydrogen) atoms. The topological polar surface area (TPSA) is 0 Å². The van der Waals surface area contributed by atoms with Crippen LogP contribution in [0.5, 0.6) is 0 Å². The number of allylic oxidation sites excluding steroid dienone is 6. The zero-order chi connectivity index (χ0) is 33.5. The molecule has 0 aromatic heterocycles. The van der Waals surface area contributed by atoms with Crippen molar-refractivity contribution in [1.29, 1.82) is 0 Å². The molecule has 0 heterocycles. The first kappa shape index (κ1) is 41.9. The molecule has 1 unspecified atom stereocenters. The first-order valence-corrected chi connectivity index (χ1v) is 17.9.